The molecule has 5 nitrogen and oxygen atoms in total. The van der Waals surface area contributed by atoms with Gasteiger partial charge < -0.3 is 9.47 Å². The van der Waals surface area contributed by atoms with Gasteiger partial charge >= 0.3 is 0 Å². The van der Waals surface area contributed by atoms with Crippen molar-refractivity contribution in [2.75, 3.05) is 13.7 Å². The molecule has 0 aliphatic carbocycles. The van der Waals surface area contributed by atoms with E-state index in [0.717, 1.165) is 11.1 Å². The van der Waals surface area contributed by atoms with Crippen molar-refractivity contribution >= 4 is 23.7 Å². The predicted octanol–water partition coefficient (Wildman–Crippen LogP) is 4.06. The Bertz CT molecular complexity index is 819. The molecule has 2 rings (SSSR count). The maximum absolute atomic E-state index is 12.1. The first-order chi connectivity index (χ1) is 12.4. The van der Waals surface area contributed by atoms with Crippen molar-refractivity contribution in [2.45, 2.75) is 27.2 Å². The molecule has 0 radical (unpaired) electrons. The summed E-state index contributed by atoms with van der Waals surface area (Å²) in [7, 11) is 1.53. The molecule has 1 amide bonds. The van der Waals surface area contributed by atoms with E-state index >= 15 is 0 Å². The van der Waals surface area contributed by atoms with Gasteiger partial charge in [0.1, 0.15) is 0 Å². The van der Waals surface area contributed by atoms with Gasteiger partial charge in [-0.2, -0.15) is 5.10 Å². The fourth-order valence-electron chi connectivity index (χ4n) is 2.56. The highest BCUT2D eigenvalue weighted by Crippen LogP contribution is 2.35. The molecule has 26 heavy (non-hydrogen) atoms. The fraction of sp³-hybridized carbons (Fsp3) is 0.300. The molecule has 0 spiro atoms. The van der Waals surface area contributed by atoms with Gasteiger partial charge in [-0.3, -0.25) is 4.79 Å². The number of rotatable bonds is 7. The highest BCUT2D eigenvalue weighted by Gasteiger charge is 2.11. The molecule has 0 bridgehead atoms. The van der Waals surface area contributed by atoms with Crippen LogP contribution in [0.2, 0.25) is 5.02 Å². The van der Waals surface area contributed by atoms with Gasteiger partial charge in [-0.25, -0.2) is 5.43 Å². The lowest BCUT2D eigenvalue weighted by Crippen LogP contribution is -2.20. The SMILES string of the molecule is CCOc1cc(/C=N\NC(=O)Cc2ccc(C)cc2C)cc(Cl)c1OC. The average molecular weight is 375 g/mol. The highest BCUT2D eigenvalue weighted by molar-refractivity contribution is 6.32. The second kappa shape index (κ2) is 9.25. The minimum absolute atomic E-state index is 0.183. The summed E-state index contributed by atoms with van der Waals surface area (Å²) >= 11 is 6.20. The number of carbonyl (C=O) groups is 1. The summed E-state index contributed by atoms with van der Waals surface area (Å²) in [5.74, 6) is 0.827. The first kappa shape index (κ1) is 19.8. The van der Waals surface area contributed by atoms with Gasteiger partial charge in [-0.05, 0) is 49.6 Å². The van der Waals surface area contributed by atoms with Gasteiger partial charge in [0.05, 0.1) is 31.4 Å². The van der Waals surface area contributed by atoms with Crippen LogP contribution >= 0.6 is 11.6 Å². The Kier molecular flexibility index (Phi) is 7.04. The van der Waals surface area contributed by atoms with Crippen LogP contribution in [-0.4, -0.2) is 25.8 Å². The smallest absolute Gasteiger partial charge is 0.244 e. The van der Waals surface area contributed by atoms with Crippen LogP contribution in [-0.2, 0) is 11.2 Å². The Morgan fingerprint density at radius 1 is 1.27 bits per heavy atom. The number of amides is 1. The predicted molar refractivity (Wildman–Crippen MR) is 105 cm³/mol. The first-order valence-corrected chi connectivity index (χ1v) is 8.70. The highest BCUT2D eigenvalue weighted by atomic mass is 35.5. The lowest BCUT2D eigenvalue weighted by atomic mass is 10.0. The number of hydrogen-bond donors (Lipinski definition) is 1. The number of nitrogens with one attached hydrogen (secondary N) is 1. The van der Waals surface area contributed by atoms with E-state index in [0.29, 0.717) is 28.7 Å². The van der Waals surface area contributed by atoms with E-state index in [9.17, 15) is 4.79 Å². The Morgan fingerprint density at radius 2 is 2.04 bits per heavy atom. The van der Waals surface area contributed by atoms with Crippen molar-refractivity contribution in [3.05, 3.63) is 57.6 Å². The maximum Gasteiger partial charge on any atom is 0.244 e. The largest absolute Gasteiger partial charge is 0.491 e. The summed E-state index contributed by atoms with van der Waals surface area (Å²) in [5.41, 5.74) is 6.48. The number of hydrazone groups is 1. The van der Waals surface area contributed by atoms with E-state index in [1.165, 1.54) is 18.9 Å². The fourth-order valence-corrected chi connectivity index (χ4v) is 2.86. The molecule has 0 fully saturated rings. The minimum Gasteiger partial charge on any atom is -0.491 e. The van der Waals surface area contributed by atoms with Crippen LogP contribution in [0.1, 0.15) is 29.2 Å². The zero-order chi connectivity index (χ0) is 19.1. The maximum atomic E-state index is 12.1. The third kappa shape index (κ3) is 5.23. The number of methoxy groups -OCH3 is 1. The Balaban J connectivity index is 2.04. The van der Waals surface area contributed by atoms with Crippen LogP contribution < -0.4 is 14.9 Å². The molecule has 1 N–H and O–H groups in total. The molecule has 0 saturated carbocycles. The van der Waals surface area contributed by atoms with E-state index in [4.69, 9.17) is 21.1 Å². The van der Waals surface area contributed by atoms with Gasteiger partial charge in [0, 0.05) is 0 Å². The summed E-state index contributed by atoms with van der Waals surface area (Å²) in [6.45, 7) is 6.38. The van der Waals surface area contributed by atoms with E-state index < -0.39 is 0 Å². The average Bonchev–Trinajstić information content (AvgIpc) is 2.58. The van der Waals surface area contributed by atoms with E-state index in [2.05, 4.69) is 16.6 Å². The molecule has 0 saturated heterocycles. The molecule has 0 unspecified atom stereocenters. The van der Waals surface area contributed by atoms with Crippen LogP contribution in [0.15, 0.2) is 35.4 Å². The first-order valence-electron chi connectivity index (χ1n) is 8.33. The molecule has 2 aromatic rings. The lowest BCUT2D eigenvalue weighted by Gasteiger charge is -2.11. The van der Waals surface area contributed by atoms with Crippen molar-refractivity contribution in [2.24, 2.45) is 5.10 Å². The Labute approximate surface area is 159 Å². The molecule has 138 valence electrons. The molecular weight excluding hydrogens is 352 g/mol. The quantitative estimate of drug-likeness (QED) is 0.587. The molecule has 2 aromatic carbocycles. The normalized spacial score (nSPS) is 10.8. The van der Waals surface area contributed by atoms with Crippen LogP contribution in [0.25, 0.3) is 0 Å². The third-order valence-corrected chi connectivity index (χ3v) is 4.07. The van der Waals surface area contributed by atoms with E-state index in [-0.39, 0.29) is 12.3 Å². The van der Waals surface area contributed by atoms with Crippen molar-refractivity contribution in [3.63, 3.8) is 0 Å². The number of nitrogens with zero attached hydrogens (tertiary/aromatic N) is 1. The van der Waals surface area contributed by atoms with Crippen LogP contribution in [0.3, 0.4) is 0 Å². The molecule has 0 aliphatic heterocycles. The number of ether oxygens (including phenoxy) is 2. The van der Waals surface area contributed by atoms with Crippen LogP contribution in [0.4, 0.5) is 0 Å². The second-order valence-electron chi connectivity index (χ2n) is 5.87. The summed E-state index contributed by atoms with van der Waals surface area (Å²) in [6.07, 6.45) is 1.80. The van der Waals surface area contributed by atoms with Gasteiger partial charge in [0.25, 0.3) is 0 Å². The number of hydrogen-bond acceptors (Lipinski definition) is 4. The lowest BCUT2D eigenvalue weighted by molar-refractivity contribution is -0.120. The van der Waals surface area contributed by atoms with Crippen molar-refractivity contribution < 1.29 is 14.3 Å². The molecule has 0 heterocycles. The van der Waals surface area contributed by atoms with E-state index in [1.54, 1.807) is 12.1 Å². The number of carbonyl (C=O) groups excluding carboxylic acids is 1. The minimum atomic E-state index is -0.183. The number of halogens is 1. The van der Waals surface area contributed by atoms with Crippen LogP contribution in [0, 0.1) is 13.8 Å². The molecular formula is C20H23ClN2O3. The topological polar surface area (TPSA) is 59.9 Å². The zero-order valence-corrected chi connectivity index (χ0v) is 16.2. The molecule has 0 aromatic heterocycles. The summed E-state index contributed by atoms with van der Waals surface area (Å²) in [5, 5.41) is 4.42. The standard InChI is InChI=1S/C20H23ClN2O3/c1-5-26-18-10-15(9-17(21)20(18)25-4)12-22-23-19(24)11-16-7-6-13(2)8-14(16)3/h6-10,12H,5,11H2,1-4H3,(H,23,24)/b22-12-. The number of benzene rings is 2. The van der Waals surface area contributed by atoms with E-state index in [1.807, 2.05) is 32.9 Å². The summed E-state index contributed by atoms with van der Waals surface area (Å²) in [6, 6.07) is 9.47. The number of aryl methyl sites for hydroxylation is 2. The molecule has 0 atom stereocenters. The molecule has 0 aliphatic rings. The monoisotopic (exact) mass is 374 g/mol. The Morgan fingerprint density at radius 3 is 2.69 bits per heavy atom. The zero-order valence-electron chi connectivity index (χ0n) is 15.4. The van der Waals surface area contributed by atoms with Crippen molar-refractivity contribution in [1.82, 2.24) is 5.43 Å². The summed E-state index contributed by atoms with van der Waals surface area (Å²) in [4.78, 5) is 12.1. The van der Waals surface area contributed by atoms with Crippen molar-refractivity contribution in [1.29, 1.82) is 0 Å². The summed E-state index contributed by atoms with van der Waals surface area (Å²) < 4.78 is 10.8. The second-order valence-corrected chi connectivity index (χ2v) is 6.27. The third-order valence-electron chi connectivity index (χ3n) is 3.79. The van der Waals surface area contributed by atoms with Gasteiger partial charge in [0.2, 0.25) is 5.91 Å². The van der Waals surface area contributed by atoms with Gasteiger partial charge in [-0.1, -0.05) is 35.4 Å². The van der Waals surface area contributed by atoms with Gasteiger partial charge in [-0.15, -0.1) is 0 Å². The Hall–Kier alpha value is -2.53. The van der Waals surface area contributed by atoms with Crippen LogP contribution in [0.5, 0.6) is 11.5 Å². The molecule has 6 heteroatoms. The van der Waals surface area contributed by atoms with Crippen molar-refractivity contribution in [3.8, 4) is 11.5 Å². The van der Waals surface area contributed by atoms with Gasteiger partial charge in [0.15, 0.2) is 11.5 Å².